The first kappa shape index (κ1) is 22.8. The molecular formula is C27H34N2O2. The van der Waals surface area contributed by atoms with Crippen LogP contribution in [-0.2, 0) is 24.4 Å². The SMILES string of the molecule is COC(=O)c1ccccc1CN(Cc1cccn1Cc1ccc(C)cc1)C(C)C(C)C. The number of aromatic nitrogens is 1. The topological polar surface area (TPSA) is 34.5 Å². The van der Waals surface area contributed by atoms with Gasteiger partial charge in [-0.05, 0) is 49.1 Å². The summed E-state index contributed by atoms with van der Waals surface area (Å²) in [6, 6.07) is 21.1. The minimum atomic E-state index is -0.282. The highest BCUT2D eigenvalue weighted by atomic mass is 16.5. The van der Waals surface area contributed by atoms with Crippen LogP contribution in [0.5, 0.6) is 0 Å². The molecule has 0 bridgehead atoms. The van der Waals surface area contributed by atoms with Gasteiger partial charge in [-0.15, -0.1) is 0 Å². The molecule has 1 heterocycles. The van der Waals surface area contributed by atoms with Crippen molar-refractivity contribution in [3.63, 3.8) is 0 Å². The second-order valence-electron chi connectivity index (χ2n) is 8.65. The molecule has 0 aliphatic carbocycles. The Kier molecular flexibility index (Phi) is 7.69. The van der Waals surface area contributed by atoms with Crippen molar-refractivity contribution < 1.29 is 9.53 Å². The summed E-state index contributed by atoms with van der Waals surface area (Å²) in [5, 5.41) is 0. The summed E-state index contributed by atoms with van der Waals surface area (Å²) in [6.07, 6.45) is 2.15. The van der Waals surface area contributed by atoms with Gasteiger partial charge in [-0.2, -0.15) is 0 Å². The second-order valence-corrected chi connectivity index (χ2v) is 8.65. The molecule has 4 heteroatoms. The number of rotatable bonds is 9. The van der Waals surface area contributed by atoms with E-state index in [-0.39, 0.29) is 5.97 Å². The number of carbonyl (C=O) groups is 1. The van der Waals surface area contributed by atoms with E-state index < -0.39 is 0 Å². The summed E-state index contributed by atoms with van der Waals surface area (Å²) < 4.78 is 7.32. The van der Waals surface area contributed by atoms with E-state index in [1.165, 1.54) is 23.9 Å². The van der Waals surface area contributed by atoms with E-state index in [1.807, 2.05) is 24.3 Å². The fourth-order valence-electron chi connectivity index (χ4n) is 3.80. The molecule has 1 atom stereocenters. The van der Waals surface area contributed by atoms with Gasteiger partial charge in [-0.3, -0.25) is 4.90 Å². The Hall–Kier alpha value is -2.85. The van der Waals surface area contributed by atoms with Gasteiger partial charge in [0.25, 0.3) is 0 Å². The summed E-state index contributed by atoms with van der Waals surface area (Å²) in [5.74, 6) is 0.210. The summed E-state index contributed by atoms with van der Waals surface area (Å²) in [7, 11) is 1.44. The molecule has 0 aliphatic heterocycles. The molecular weight excluding hydrogens is 384 g/mol. The normalized spacial score (nSPS) is 12.4. The highest BCUT2D eigenvalue weighted by Crippen LogP contribution is 2.21. The average molecular weight is 419 g/mol. The Morgan fingerprint density at radius 1 is 0.968 bits per heavy atom. The van der Waals surface area contributed by atoms with Crippen molar-refractivity contribution in [3.8, 4) is 0 Å². The van der Waals surface area contributed by atoms with E-state index in [0.717, 1.165) is 18.7 Å². The maximum absolute atomic E-state index is 12.3. The average Bonchev–Trinajstić information content (AvgIpc) is 3.20. The van der Waals surface area contributed by atoms with Crippen LogP contribution in [0.3, 0.4) is 0 Å². The molecule has 0 spiro atoms. The number of ether oxygens (including phenoxy) is 1. The van der Waals surface area contributed by atoms with Gasteiger partial charge >= 0.3 is 5.97 Å². The van der Waals surface area contributed by atoms with E-state index >= 15 is 0 Å². The number of hydrogen-bond donors (Lipinski definition) is 0. The van der Waals surface area contributed by atoms with Gasteiger partial charge in [0.15, 0.2) is 0 Å². The number of benzene rings is 2. The fraction of sp³-hybridized carbons (Fsp3) is 0.370. The molecule has 0 N–H and O–H groups in total. The number of esters is 1. The van der Waals surface area contributed by atoms with Crippen molar-refractivity contribution in [3.05, 3.63) is 94.8 Å². The van der Waals surface area contributed by atoms with Crippen LogP contribution >= 0.6 is 0 Å². The molecule has 164 valence electrons. The molecule has 3 rings (SSSR count). The Morgan fingerprint density at radius 2 is 1.68 bits per heavy atom. The number of nitrogens with zero attached hydrogens (tertiary/aromatic N) is 2. The van der Waals surface area contributed by atoms with Crippen molar-refractivity contribution in [2.75, 3.05) is 7.11 Å². The van der Waals surface area contributed by atoms with Crippen molar-refractivity contribution >= 4 is 5.97 Å². The number of hydrogen-bond acceptors (Lipinski definition) is 3. The molecule has 0 amide bonds. The van der Waals surface area contributed by atoms with Crippen LogP contribution in [0.2, 0.25) is 0 Å². The second kappa shape index (κ2) is 10.5. The highest BCUT2D eigenvalue weighted by Gasteiger charge is 2.21. The standard InChI is InChI=1S/C27H34N2O2/c1-20(2)22(4)29(18-24-9-6-7-11-26(24)27(30)31-5)19-25-10-8-16-28(25)17-23-14-12-21(3)13-15-23/h6-16,20,22H,17-19H2,1-5H3. The highest BCUT2D eigenvalue weighted by molar-refractivity contribution is 5.90. The summed E-state index contributed by atoms with van der Waals surface area (Å²) >= 11 is 0. The molecule has 4 nitrogen and oxygen atoms in total. The smallest absolute Gasteiger partial charge is 0.338 e. The zero-order valence-corrected chi connectivity index (χ0v) is 19.3. The first-order valence-electron chi connectivity index (χ1n) is 11.0. The predicted molar refractivity (Wildman–Crippen MR) is 126 cm³/mol. The Bertz CT molecular complexity index is 988. The monoisotopic (exact) mass is 418 g/mol. The van der Waals surface area contributed by atoms with Crippen LogP contribution < -0.4 is 0 Å². The maximum Gasteiger partial charge on any atom is 0.338 e. The van der Waals surface area contributed by atoms with Crippen LogP contribution in [0.25, 0.3) is 0 Å². The summed E-state index contributed by atoms with van der Waals surface area (Å²) in [4.78, 5) is 14.7. The molecule has 1 aromatic heterocycles. The number of aryl methyl sites for hydroxylation is 1. The fourth-order valence-corrected chi connectivity index (χ4v) is 3.80. The minimum Gasteiger partial charge on any atom is -0.465 e. The Morgan fingerprint density at radius 3 is 2.35 bits per heavy atom. The van der Waals surface area contributed by atoms with Crippen LogP contribution in [0.4, 0.5) is 0 Å². The van der Waals surface area contributed by atoms with Gasteiger partial charge < -0.3 is 9.30 Å². The third kappa shape index (κ3) is 5.86. The molecule has 1 unspecified atom stereocenters. The van der Waals surface area contributed by atoms with E-state index in [0.29, 0.717) is 24.1 Å². The zero-order valence-electron chi connectivity index (χ0n) is 19.3. The van der Waals surface area contributed by atoms with Crippen LogP contribution in [0.15, 0.2) is 66.9 Å². The van der Waals surface area contributed by atoms with Crippen LogP contribution in [0.1, 0.15) is 53.5 Å². The van der Waals surface area contributed by atoms with E-state index in [4.69, 9.17) is 4.74 Å². The molecule has 0 aliphatic rings. The Balaban J connectivity index is 1.84. The van der Waals surface area contributed by atoms with Crippen molar-refractivity contribution in [1.82, 2.24) is 9.47 Å². The Labute approximate surface area is 186 Å². The molecule has 2 aromatic carbocycles. The van der Waals surface area contributed by atoms with Gasteiger partial charge in [0.2, 0.25) is 0 Å². The number of carbonyl (C=O) groups excluding carboxylic acids is 1. The van der Waals surface area contributed by atoms with Gasteiger partial charge in [0, 0.05) is 37.6 Å². The van der Waals surface area contributed by atoms with E-state index in [2.05, 4.69) is 79.8 Å². The zero-order chi connectivity index (χ0) is 22.4. The number of methoxy groups -OCH3 is 1. The maximum atomic E-state index is 12.3. The van der Waals surface area contributed by atoms with E-state index in [9.17, 15) is 4.79 Å². The van der Waals surface area contributed by atoms with Gasteiger partial charge in [-0.25, -0.2) is 4.79 Å². The van der Waals surface area contributed by atoms with Crippen molar-refractivity contribution in [2.45, 2.75) is 53.4 Å². The van der Waals surface area contributed by atoms with Crippen LogP contribution in [-0.4, -0.2) is 28.6 Å². The molecule has 0 saturated heterocycles. The summed E-state index contributed by atoms with van der Waals surface area (Å²) in [5.41, 5.74) is 5.48. The summed E-state index contributed by atoms with van der Waals surface area (Å²) in [6.45, 7) is 11.2. The van der Waals surface area contributed by atoms with Crippen molar-refractivity contribution in [2.24, 2.45) is 5.92 Å². The lowest BCUT2D eigenvalue weighted by molar-refractivity contribution is 0.0596. The molecule has 0 radical (unpaired) electrons. The van der Waals surface area contributed by atoms with Crippen LogP contribution in [0, 0.1) is 12.8 Å². The first-order chi connectivity index (χ1) is 14.9. The lowest BCUT2D eigenvalue weighted by Crippen LogP contribution is -2.36. The first-order valence-corrected chi connectivity index (χ1v) is 11.0. The van der Waals surface area contributed by atoms with Crippen molar-refractivity contribution in [1.29, 1.82) is 0 Å². The lowest BCUT2D eigenvalue weighted by Gasteiger charge is -2.32. The minimum absolute atomic E-state index is 0.282. The molecule has 31 heavy (non-hydrogen) atoms. The predicted octanol–water partition coefficient (Wildman–Crippen LogP) is 5.68. The third-order valence-electron chi connectivity index (χ3n) is 6.10. The van der Waals surface area contributed by atoms with Gasteiger partial charge in [-0.1, -0.05) is 61.9 Å². The molecule has 0 fully saturated rings. The van der Waals surface area contributed by atoms with Gasteiger partial charge in [0.1, 0.15) is 0 Å². The lowest BCUT2D eigenvalue weighted by atomic mass is 10.0. The molecule has 0 saturated carbocycles. The van der Waals surface area contributed by atoms with E-state index in [1.54, 1.807) is 0 Å². The third-order valence-corrected chi connectivity index (χ3v) is 6.10. The largest absolute Gasteiger partial charge is 0.465 e. The molecule has 3 aromatic rings. The van der Waals surface area contributed by atoms with Gasteiger partial charge in [0.05, 0.1) is 12.7 Å². The quantitative estimate of drug-likeness (QED) is 0.419.